The fraction of sp³-hybridized carbons (Fsp3) is 0.478. The SMILES string of the molecule is CCOCC1=Nc2c(NC(=O)COCC(=O)NC)nc3ccccc3c2C1CC(C)(C)O. The first-order chi connectivity index (χ1) is 15.2. The highest BCUT2D eigenvalue weighted by atomic mass is 16.5. The Morgan fingerprint density at radius 3 is 2.56 bits per heavy atom. The highest BCUT2D eigenvalue weighted by molar-refractivity contribution is 6.08. The molecule has 0 saturated carbocycles. The molecule has 1 aromatic carbocycles. The number of hydrogen-bond acceptors (Lipinski definition) is 7. The third-order valence-corrected chi connectivity index (χ3v) is 5.07. The fourth-order valence-electron chi connectivity index (χ4n) is 3.70. The molecular formula is C23H30N4O5. The number of ether oxygens (including phenoxy) is 2. The van der Waals surface area contributed by atoms with Crippen LogP contribution in [0.1, 0.15) is 38.7 Å². The lowest BCUT2D eigenvalue weighted by Gasteiger charge is -2.24. The number of nitrogens with one attached hydrogen (secondary N) is 2. The molecule has 0 saturated heterocycles. The van der Waals surface area contributed by atoms with E-state index in [2.05, 4.69) is 15.6 Å². The van der Waals surface area contributed by atoms with Crippen molar-refractivity contribution in [3.05, 3.63) is 29.8 Å². The van der Waals surface area contributed by atoms with Crippen molar-refractivity contribution in [3.63, 3.8) is 0 Å². The number of anilines is 1. The number of benzene rings is 1. The van der Waals surface area contributed by atoms with Gasteiger partial charge in [-0.1, -0.05) is 18.2 Å². The molecule has 1 aliphatic heterocycles. The maximum Gasteiger partial charge on any atom is 0.251 e. The van der Waals surface area contributed by atoms with Gasteiger partial charge in [-0.05, 0) is 38.8 Å². The van der Waals surface area contributed by atoms with Crippen LogP contribution in [0.25, 0.3) is 10.9 Å². The summed E-state index contributed by atoms with van der Waals surface area (Å²) in [6.45, 7) is 5.79. The lowest BCUT2D eigenvalue weighted by Crippen LogP contribution is -2.27. The van der Waals surface area contributed by atoms with Gasteiger partial charge < -0.3 is 25.2 Å². The minimum absolute atomic E-state index is 0.176. The Bertz CT molecular complexity index is 1030. The molecule has 1 aliphatic rings. The third-order valence-electron chi connectivity index (χ3n) is 5.07. The van der Waals surface area contributed by atoms with E-state index in [4.69, 9.17) is 14.5 Å². The van der Waals surface area contributed by atoms with Crippen LogP contribution in [0.4, 0.5) is 11.5 Å². The molecule has 0 radical (unpaired) electrons. The number of aromatic nitrogens is 1. The second-order valence-electron chi connectivity index (χ2n) is 8.26. The summed E-state index contributed by atoms with van der Waals surface area (Å²) >= 11 is 0. The highest BCUT2D eigenvalue weighted by Crippen LogP contribution is 2.46. The van der Waals surface area contributed by atoms with Crippen molar-refractivity contribution in [1.29, 1.82) is 0 Å². The van der Waals surface area contributed by atoms with E-state index in [1.807, 2.05) is 31.2 Å². The fourth-order valence-corrected chi connectivity index (χ4v) is 3.70. The zero-order chi connectivity index (χ0) is 23.3. The smallest absolute Gasteiger partial charge is 0.251 e. The summed E-state index contributed by atoms with van der Waals surface area (Å²) in [7, 11) is 1.50. The summed E-state index contributed by atoms with van der Waals surface area (Å²) in [5, 5.41) is 16.7. The summed E-state index contributed by atoms with van der Waals surface area (Å²) < 4.78 is 10.8. The van der Waals surface area contributed by atoms with Crippen molar-refractivity contribution in [2.75, 3.05) is 38.8 Å². The molecule has 9 heteroatoms. The predicted octanol–water partition coefficient (Wildman–Crippen LogP) is 2.30. The monoisotopic (exact) mass is 442 g/mol. The van der Waals surface area contributed by atoms with E-state index in [9.17, 15) is 14.7 Å². The van der Waals surface area contributed by atoms with Crippen LogP contribution >= 0.6 is 0 Å². The lowest BCUT2D eigenvalue weighted by atomic mass is 9.84. The average Bonchev–Trinajstić information content (AvgIpc) is 3.09. The molecule has 0 spiro atoms. The van der Waals surface area contributed by atoms with Gasteiger partial charge in [0, 0.05) is 25.0 Å². The van der Waals surface area contributed by atoms with Gasteiger partial charge in [0.05, 0.1) is 23.4 Å². The number of amides is 2. The Labute approximate surface area is 187 Å². The first-order valence-electron chi connectivity index (χ1n) is 10.6. The van der Waals surface area contributed by atoms with Crippen LogP contribution in [-0.4, -0.2) is 66.7 Å². The van der Waals surface area contributed by atoms with Crippen LogP contribution in [-0.2, 0) is 19.1 Å². The molecule has 1 atom stereocenters. The molecule has 3 rings (SSSR count). The Hall–Kier alpha value is -2.88. The number of rotatable bonds is 10. The van der Waals surface area contributed by atoms with Gasteiger partial charge in [-0.2, -0.15) is 0 Å². The summed E-state index contributed by atoms with van der Waals surface area (Å²) in [6.07, 6.45) is 0.447. The lowest BCUT2D eigenvalue weighted by molar-refractivity contribution is -0.128. The predicted molar refractivity (Wildman–Crippen MR) is 123 cm³/mol. The highest BCUT2D eigenvalue weighted by Gasteiger charge is 2.35. The normalized spacial score (nSPS) is 15.4. The molecule has 2 amide bonds. The van der Waals surface area contributed by atoms with Gasteiger partial charge in [0.25, 0.3) is 5.91 Å². The number of aliphatic hydroxyl groups is 1. The summed E-state index contributed by atoms with van der Waals surface area (Å²) in [4.78, 5) is 33.1. The van der Waals surface area contributed by atoms with E-state index >= 15 is 0 Å². The molecule has 9 nitrogen and oxygen atoms in total. The number of pyridine rings is 1. The molecule has 32 heavy (non-hydrogen) atoms. The summed E-state index contributed by atoms with van der Waals surface area (Å²) in [6, 6.07) is 7.64. The largest absolute Gasteiger partial charge is 0.390 e. The van der Waals surface area contributed by atoms with E-state index in [0.29, 0.717) is 36.7 Å². The van der Waals surface area contributed by atoms with Gasteiger partial charge >= 0.3 is 0 Å². The summed E-state index contributed by atoms with van der Waals surface area (Å²) in [5.41, 5.74) is 2.04. The third kappa shape index (κ3) is 5.67. The van der Waals surface area contributed by atoms with Crippen LogP contribution < -0.4 is 10.6 Å². The Morgan fingerprint density at radius 2 is 1.88 bits per heavy atom. The quantitative estimate of drug-likeness (QED) is 0.519. The van der Waals surface area contributed by atoms with E-state index < -0.39 is 11.5 Å². The van der Waals surface area contributed by atoms with Crippen LogP contribution in [0, 0.1) is 0 Å². The zero-order valence-corrected chi connectivity index (χ0v) is 18.9. The van der Waals surface area contributed by atoms with Crippen molar-refractivity contribution >= 4 is 39.9 Å². The Kier molecular flexibility index (Phi) is 7.55. The number of likely N-dealkylation sites (N-methyl/N-ethyl adjacent to an activating group) is 1. The molecule has 2 aromatic rings. The number of carbonyl (C=O) groups excluding carboxylic acids is 2. The maximum absolute atomic E-state index is 12.5. The first-order valence-corrected chi connectivity index (χ1v) is 10.6. The van der Waals surface area contributed by atoms with E-state index in [0.717, 1.165) is 16.7 Å². The number of fused-ring (bicyclic) bond motifs is 3. The molecule has 0 fully saturated rings. The van der Waals surface area contributed by atoms with Crippen molar-refractivity contribution in [2.24, 2.45) is 4.99 Å². The molecule has 172 valence electrons. The molecule has 0 aliphatic carbocycles. The van der Waals surface area contributed by atoms with Crippen LogP contribution in [0.3, 0.4) is 0 Å². The molecule has 0 bridgehead atoms. The van der Waals surface area contributed by atoms with Gasteiger partial charge in [0.2, 0.25) is 5.91 Å². The standard InChI is InChI=1S/C23H30N4O5/c1-5-31-11-17-15(10-23(2,3)30)20-14-8-6-7-9-16(14)26-22(21(20)25-17)27-19(29)13-32-12-18(28)24-4/h6-9,15,30H,5,10-13H2,1-4H3,(H,24,28)(H,26,27,29). The molecule has 3 N–H and O–H groups in total. The van der Waals surface area contributed by atoms with Crippen LogP contribution in [0.5, 0.6) is 0 Å². The average molecular weight is 443 g/mol. The van der Waals surface area contributed by atoms with Crippen LogP contribution in [0.2, 0.25) is 0 Å². The first kappa shape index (κ1) is 23.8. The van der Waals surface area contributed by atoms with E-state index in [-0.39, 0.29) is 25.0 Å². The number of hydrogen-bond donors (Lipinski definition) is 3. The Morgan fingerprint density at radius 1 is 1.16 bits per heavy atom. The van der Waals surface area contributed by atoms with Gasteiger partial charge in [0.1, 0.15) is 18.9 Å². The Balaban J connectivity index is 1.98. The van der Waals surface area contributed by atoms with E-state index in [1.54, 1.807) is 13.8 Å². The molecule has 1 aromatic heterocycles. The topological polar surface area (TPSA) is 122 Å². The maximum atomic E-state index is 12.5. The van der Waals surface area contributed by atoms with Crippen molar-refractivity contribution < 1.29 is 24.2 Å². The zero-order valence-electron chi connectivity index (χ0n) is 18.9. The number of nitrogens with zero attached hydrogens (tertiary/aromatic N) is 2. The second-order valence-corrected chi connectivity index (χ2v) is 8.26. The van der Waals surface area contributed by atoms with Gasteiger partial charge in [0.15, 0.2) is 5.82 Å². The molecular weight excluding hydrogens is 412 g/mol. The molecule has 1 unspecified atom stereocenters. The van der Waals surface area contributed by atoms with Crippen molar-refractivity contribution in [3.8, 4) is 0 Å². The van der Waals surface area contributed by atoms with Crippen molar-refractivity contribution in [2.45, 2.75) is 38.7 Å². The van der Waals surface area contributed by atoms with Crippen molar-refractivity contribution in [1.82, 2.24) is 10.3 Å². The van der Waals surface area contributed by atoms with Gasteiger partial charge in [-0.15, -0.1) is 0 Å². The minimum atomic E-state index is -0.930. The molecule has 2 heterocycles. The van der Waals surface area contributed by atoms with E-state index in [1.165, 1.54) is 7.05 Å². The van der Waals surface area contributed by atoms with Crippen LogP contribution in [0.15, 0.2) is 29.3 Å². The second kappa shape index (κ2) is 10.2. The summed E-state index contributed by atoms with van der Waals surface area (Å²) in [5.74, 6) is -0.613. The van der Waals surface area contributed by atoms with Gasteiger partial charge in [-0.25, -0.2) is 4.98 Å². The minimum Gasteiger partial charge on any atom is -0.390 e. The van der Waals surface area contributed by atoms with Gasteiger partial charge in [-0.3, -0.25) is 14.6 Å². The number of aliphatic imine (C=N–C) groups is 1. The number of carbonyl (C=O) groups is 2. The number of para-hydroxylation sites is 1.